The third-order valence-electron chi connectivity index (χ3n) is 4.77. The molecule has 2 aromatic carbocycles. The van der Waals surface area contributed by atoms with Crippen LogP contribution in [0.25, 0.3) is 10.2 Å². The van der Waals surface area contributed by atoms with Crippen molar-refractivity contribution in [3.05, 3.63) is 78.1 Å². The Morgan fingerprint density at radius 3 is 2.71 bits per heavy atom. The van der Waals surface area contributed by atoms with Crippen LogP contribution in [0.1, 0.15) is 17.7 Å². The van der Waals surface area contributed by atoms with E-state index in [2.05, 4.69) is 36.2 Å². The fourth-order valence-electron chi connectivity index (χ4n) is 3.08. The molecule has 0 spiro atoms. The maximum Gasteiger partial charge on any atom is 0.229 e. The SMILES string of the molecule is COc1ccc2sc(N(Cc3ccccn3)C(=O)CCSc3ccc(C)cc3)nc2c1. The number of pyridine rings is 1. The van der Waals surface area contributed by atoms with Crippen LogP contribution in [0.15, 0.2) is 71.8 Å². The van der Waals surface area contributed by atoms with Crippen LogP contribution in [0.5, 0.6) is 5.75 Å². The minimum Gasteiger partial charge on any atom is -0.497 e. The van der Waals surface area contributed by atoms with Gasteiger partial charge in [-0.15, -0.1) is 11.8 Å². The Bertz CT molecular complexity index is 1160. The van der Waals surface area contributed by atoms with Gasteiger partial charge in [0.2, 0.25) is 5.91 Å². The number of carbonyl (C=O) groups is 1. The number of hydrogen-bond acceptors (Lipinski definition) is 6. The average Bonchev–Trinajstić information content (AvgIpc) is 3.22. The standard InChI is InChI=1S/C24H23N3O2S2/c1-17-6-9-20(10-7-17)30-14-12-23(28)27(16-18-5-3-4-13-25-18)24-26-21-15-19(29-2)8-11-22(21)31-24/h3-11,13,15H,12,14,16H2,1-2H3. The van der Waals surface area contributed by atoms with E-state index in [1.54, 1.807) is 30.0 Å². The highest BCUT2D eigenvalue weighted by Gasteiger charge is 2.21. The van der Waals surface area contributed by atoms with Gasteiger partial charge in [0, 0.05) is 29.3 Å². The number of methoxy groups -OCH3 is 1. The molecule has 0 aliphatic carbocycles. The van der Waals surface area contributed by atoms with E-state index in [0.717, 1.165) is 21.7 Å². The molecule has 0 aliphatic heterocycles. The molecule has 5 nitrogen and oxygen atoms in total. The molecule has 4 aromatic rings. The molecule has 158 valence electrons. The van der Waals surface area contributed by atoms with E-state index in [0.29, 0.717) is 23.8 Å². The molecule has 0 saturated carbocycles. The number of benzene rings is 2. The summed E-state index contributed by atoms with van der Waals surface area (Å²) in [5.41, 5.74) is 2.89. The molecule has 7 heteroatoms. The summed E-state index contributed by atoms with van der Waals surface area (Å²) in [4.78, 5) is 25.3. The number of hydrogen-bond donors (Lipinski definition) is 0. The number of carbonyl (C=O) groups excluding carboxylic acids is 1. The Labute approximate surface area is 190 Å². The first kappa shape index (κ1) is 21.3. The average molecular weight is 450 g/mol. The van der Waals surface area contributed by atoms with Gasteiger partial charge >= 0.3 is 0 Å². The summed E-state index contributed by atoms with van der Waals surface area (Å²) in [6.07, 6.45) is 2.17. The quantitative estimate of drug-likeness (QED) is 0.322. The number of rotatable bonds is 8. The third-order valence-corrected chi connectivity index (χ3v) is 6.84. The summed E-state index contributed by atoms with van der Waals surface area (Å²) in [7, 11) is 1.64. The second-order valence-corrected chi connectivity index (χ2v) is 9.22. The van der Waals surface area contributed by atoms with Crippen LogP contribution in [0, 0.1) is 6.92 Å². The first-order chi connectivity index (χ1) is 15.1. The maximum atomic E-state index is 13.2. The second kappa shape index (κ2) is 9.94. The van der Waals surface area contributed by atoms with Crippen LogP contribution in [0.4, 0.5) is 5.13 Å². The zero-order valence-electron chi connectivity index (χ0n) is 17.4. The largest absolute Gasteiger partial charge is 0.497 e. The van der Waals surface area contributed by atoms with Gasteiger partial charge in [0.25, 0.3) is 0 Å². The number of aryl methyl sites for hydroxylation is 1. The number of aromatic nitrogens is 2. The van der Waals surface area contributed by atoms with Gasteiger partial charge in [0.1, 0.15) is 5.75 Å². The highest BCUT2D eigenvalue weighted by Crippen LogP contribution is 2.32. The molecule has 4 rings (SSSR count). The summed E-state index contributed by atoms with van der Waals surface area (Å²) in [6.45, 7) is 2.47. The van der Waals surface area contributed by atoms with E-state index in [1.807, 2.05) is 36.4 Å². The van der Waals surface area contributed by atoms with Gasteiger partial charge in [-0.05, 0) is 43.3 Å². The lowest BCUT2D eigenvalue weighted by Gasteiger charge is -2.19. The van der Waals surface area contributed by atoms with Gasteiger partial charge in [-0.1, -0.05) is 35.1 Å². The van der Waals surface area contributed by atoms with Crippen molar-refractivity contribution in [2.24, 2.45) is 0 Å². The Morgan fingerprint density at radius 2 is 1.97 bits per heavy atom. The predicted octanol–water partition coefficient (Wildman–Crippen LogP) is 5.72. The van der Waals surface area contributed by atoms with Crippen LogP contribution in [-0.2, 0) is 11.3 Å². The van der Waals surface area contributed by atoms with Crippen molar-refractivity contribution >= 4 is 44.4 Å². The van der Waals surface area contributed by atoms with Crippen molar-refractivity contribution in [2.45, 2.75) is 24.8 Å². The monoisotopic (exact) mass is 449 g/mol. The van der Waals surface area contributed by atoms with E-state index in [-0.39, 0.29) is 5.91 Å². The summed E-state index contributed by atoms with van der Waals surface area (Å²) in [5.74, 6) is 1.50. The van der Waals surface area contributed by atoms with Crippen molar-refractivity contribution in [2.75, 3.05) is 17.8 Å². The number of anilines is 1. The minimum atomic E-state index is 0.0382. The van der Waals surface area contributed by atoms with Gasteiger partial charge < -0.3 is 4.74 Å². The lowest BCUT2D eigenvalue weighted by molar-refractivity contribution is -0.118. The Kier molecular flexibility index (Phi) is 6.84. The Morgan fingerprint density at radius 1 is 1.13 bits per heavy atom. The second-order valence-electron chi connectivity index (χ2n) is 7.04. The lowest BCUT2D eigenvalue weighted by Crippen LogP contribution is -2.30. The molecule has 0 atom stereocenters. The topological polar surface area (TPSA) is 55.3 Å². The van der Waals surface area contributed by atoms with Crippen molar-refractivity contribution in [3.8, 4) is 5.75 Å². The van der Waals surface area contributed by atoms with Crippen molar-refractivity contribution in [1.82, 2.24) is 9.97 Å². The third kappa shape index (κ3) is 5.42. The first-order valence-electron chi connectivity index (χ1n) is 9.97. The molecule has 0 N–H and O–H groups in total. The molecule has 0 radical (unpaired) electrons. The molecule has 0 saturated heterocycles. The van der Waals surface area contributed by atoms with Crippen LogP contribution < -0.4 is 9.64 Å². The fraction of sp³-hybridized carbons (Fsp3) is 0.208. The number of fused-ring (bicyclic) bond motifs is 1. The number of thioether (sulfide) groups is 1. The molecular weight excluding hydrogens is 426 g/mol. The number of nitrogens with zero attached hydrogens (tertiary/aromatic N) is 3. The smallest absolute Gasteiger partial charge is 0.229 e. The number of ether oxygens (including phenoxy) is 1. The Balaban J connectivity index is 1.53. The van der Waals surface area contributed by atoms with Crippen LogP contribution in [-0.4, -0.2) is 28.7 Å². The summed E-state index contributed by atoms with van der Waals surface area (Å²) >= 11 is 3.20. The fourth-order valence-corrected chi connectivity index (χ4v) is 4.88. The normalized spacial score (nSPS) is 10.9. The van der Waals surface area contributed by atoms with E-state index in [4.69, 9.17) is 9.72 Å². The zero-order valence-corrected chi connectivity index (χ0v) is 19.1. The van der Waals surface area contributed by atoms with Crippen LogP contribution in [0.3, 0.4) is 0 Å². The highest BCUT2D eigenvalue weighted by molar-refractivity contribution is 7.99. The van der Waals surface area contributed by atoms with Crippen molar-refractivity contribution in [3.63, 3.8) is 0 Å². The zero-order chi connectivity index (χ0) is 21.6. The van der Waals surface area contributed by atoms with Crippen LogP contribution in [0.2, 0.25) is 0 Å². The predicted molar refractivity (Wildman–Crippen MR) is 128 cm³/mol. The van der Waals surface area contributed by atoms with Crippen LogP contribution >= 0.6 is 23.1 Å². The molecule has 0 aliphatic rings. The summed E-state index contributed by atoms with van der Waals surface area (Å²) in [5, 5.41) is 0.680. The number of thiazole rings is 1. The molecular formula is C24H23N3O2S2. The molecule has 1 amide bonds. The minimum absolute atomic E-state index is 0.0382. The van der Waals surface area contributed by atoms with Crippen molar-refractivity contribution in [1.29, 1.82) is 0 Å². The first-order valence-corrected chi connectivity index (χ1v) is 11.8. The lowest BCUT2D eigenvalue weighted by atomic mass is 10.2. The van der Waals surface area contributed by atoms with Crippen molar-refractivity contribution < 1.29 is 9.53 Å². The van der Waals surface area contributed by atoms with Gasteiger partial charge in [-0.25, -0.2) is 4.98 Å². The van der Waals surface area contributed by atoms with Gasteiger partial charge in [0.15, 0.2) is 5.13 Å². The van der Waals surface area contributed by atoms with Gasteiger partial charge in [0.05, 0.1) is 29.6 Å². The van der Waals surface area contributed by atoms with E-state index in [1.165, 1.54) is 21.8 Å². The maximum absolute atomic E-state index is 13.2. The molecule has 2 aromatic heterocycles. The molecule has 0 fully saturated rings. The summed E-state index contributed by atoms with van der Waals surface area (Å²) < 4.78 is 6.33. The highest BCUT2D eigenvalue weighted by atomic mass is 32.2. The Hall–Kier alpha value is -2.90. The summed E-state index contributed by atoms with van der Waals surface area (Å²) in [6, 6.07) is 19.9. The molecule has 0 bridgehead atoms. The molecule has 0 unspecified atom stereocenters. The van der Waals surface area contributed by atoms with Gasteiger partial charge in [-0.2, -0.15) is 0 Å². The van der Waals surface area contributed by atoms with E-state index < -0.39 is 0 Å². The van der Waals surface area contributed by atoms with E-state index >= 15 is 0 Å². The molecule has 31 heavy (non-hydrogen) atoms. The molecule has 2 heterocycles. The van der Waals surface area contributed by atoms with E-state index in [9.17, 15) is 4.79 Å². The number of amides is 1. The van der Waals surface area contributed by atoms with Gasteiger partial charge in [-0.3, -0.25) is 14.7 Å².